The summed E-state index contributed by atoms with van der Waals surface area (Å²) >= 11 is 0. The van der Waals surface area contributed by atoms with Crippen LogP contribution in [0, 0.1) is 0 Å². The Morgan fingerprint density at radius 2 is 1.62 bits per heavy atom. The second kappa shape index (κ2) is 10.4. The number of amides is 2. The number of carbonyl (C=O) groups excluding carboxylic acids is 2. The summed E-state index contributed by atoms with van der Waals surface area (Å²) in [6.07, 6.45) is 1.60. The zero-order valence-corrected chi connectivity index (χ0v) is 15.4. The van der Waals surface area contributed by atoms with Crippen LogP contribution >= 0.6 is 0 Å². The van der Waals surface area contributed by atoms with Gasteiger partial charge in [0.2, 0.25) is 11.8 Å². The third-order valence-electron chi connectivity index (χ3n) is 4.22. The summed E-state index contributed by atoms with van der Waals surface area (Å²) < 4.78 is 0. The van der Waals surface area contributed by atoms with Crippen molar-refractivity contribution in [1.29, 1.82) is 0 Å². The van der Waals surface area contributed by atoms with Crippen molar-refractivity contribution in [3.05, 3.63) is 66.2 Å². The van der Waals surface area contributed by atoms with E-state index in [4.69, 9.17) is 0 Å². The number of hydrogen-bond acceptors (Lipinski definition) is 3. The van der Waals surface area contributed by atoms with E-state index in [-0.39, 0.29) is 11.8 Å². The number of likely N-dealkylation sites (N-methyl/N-ethyl adjacent to an activating group) is 1. The van der Waals surface area contributed by atoms with Crippen molar-refractivity contribution in [1.82, 2.24) is 10.6 Å². The van der Waals surface area contributed by atoms with Gasteiger partial charge in [-0.2, -0.15) is 0 Å². The molecule has 0 aliphatic heterocycles. The molecule has 138 valence electrons. The first-order chi connectivity index (χ1) is 12.6. The van der Waals surface area contributed by atoms with Crippen LogP contribution in [0.1, 0.15) is 18.4 Å². The molecule has 5 nitrogen and oxygen atoms in total. The monoisotopic (exact) mass is 353 g/mol. The number of hydrogen-bond donors (Lipinski definition) is 2. The molecule has 2 amide bonds. The van der Waals surface area contributed by atoms with E-state index in [0.717, 1.165) is 24.2 Å². The molecule has 2 rings (SSSR count). The molecule has 5 heteroatoms. The maximum atomic E-state index is 13.0. The molecule has 0 aliphatic carbocycles. The van der Waals surface area contributed by atoms with E-state index >= 15 is 0 Å². The maximum absolute atomic E-state index is 13.0. The minimum Gasteiger partial charge on any atom is -0.344 e. The SMILES string of the molecule is CNCCCC(=O)N[C@@H](Cc1ccccc1)C(=O)N(C)c1ccccc1. The lowest BCUT2D eigenvalue weighted by Crippen LogP contribution is -2.48. The topological polar surface area (TPSA) is 61.4 Å². The smallest absolute Gasteiger partial charge is 0.249 e. The zero-order valence-electron chi connectivity index (χ0n) is 15.4. The van der Waals surface area contributed by atoms with Gasteiger partial charge in [-0.25, -0.2) is 0 Å². The van der Waals surface area contributed by atoms with Crippen LogP contribution < -0.4 is 15.5 Å². The molecule has 26 heavy (non-hydrogen) atoms. The van der Waals surface area contributed by atoms with Gasteiger partial charge < -0.3 is 15.5 Å². The molecule has 0 fully saturated rings. The third kappa shape index (κ3) is 6.01. The lowest BCUT2D eigenvalue weighted by Gasteiger charge is -2.25. The summed E-state index contributed by atoms with van der Waals surface area (Å²) in [5.41, 5.74) is 1.82. The second-order valence-electron chi connectivity index (χ2n) is 6.25. The van der Waals surface area contributed by atoms with Crippen molar-refractivity contribution >= 4 is 17.5 Å². The molecular weight excluding hydrogens is 326 g/mol. The average molecular weight is 353 g/mol. The van der Waals surface area contributed by atoms with E-state index in [9.17, 15) is 9.59 Å². The number of rotatable bonds is 9. The van der Waals surface area contributed by atoms with E-state index in [1.165, 1.54) is 0 Å². The maximum Gasteiger partial charge on any atom is 0.249 e. The molecule has 2 N–H and O–H groups in total. The summed E-state index contributed by atoms with van der Waals surface area (Å²) in [6, 6.07) is 18.6. The molecular formula is C21H27N3O2. The molecule has 0 aliphatic rings. The predicted molar refractivity (Wildman–Crippen MR) is 105 cm³/mol. The van der Waals surface area contributed by atoms with E-state index in [1.54, 1.807) is 11.9 Å². The third-order valence-corrected chi connectivity index (χ3v) is 4.22. The number of carbonyl (C=O) groups is 2. The summed E-state index contributed by atoms with van der Waals surface area (Å²) in [5.74, 6) is -0.224. The lowest BCUT2D eigenvalue weighted by molar-refractivity contribution is -0.127. The van der Waals surface area contributed by atoms with Gasteiger partial charge in [0, 0.05) is 25.6 Å². The number of nitrogens with one attached hydrogen (secondary N) is 2. The molecule has 2 aromatic rings. The van der Waals surface area contributed by atoms with Gasteiger partial charge in [0.15, 0.2) is 0 Å². The van der Waals surface area contributed by atoms with Gasteiger partial charge in [0.05, 0.1) is 0 Å². The minimum atomic E-state index is -0.593. The largest absolute Gasteiger partial charge is 0.344 e. The van der Waals surface area contributed by atoms with Crippen LogP contribution in [0.2, 0.25) is 0 Å². The molecule has 0 heterocycles. The fraction of sp³-hybridized carbons (Fsp3) is 0.333. The Labute approximate surface area is 155 Å². The zero-order chi connectivity index (χ0) is 18.8. The summed E-state index contributed by atoms with van der Waals surface area (Å²) in [5, 5.41) is 5.94. The van der Waals surface area contributed by atoms with Crippen LogP contribution in [0.25, 0.3) is 0 Å². The Balaban J connectivity index is 2.11. The van der Waals surface area contributed by atoms with Crippen molar-refractivity contribution < 1.29 is 9.59 Å². The highest BCUT2D eigenvalue weighted by molar-refractivity contribution is 5.98. The average Bonchev–Trinajstić information content (AvgIpc) is 2.68. The second-order valence-corrected chi connectivity index (χ2v) is 6.25. The first kappa shape index (κ1) is 19.7. The fourth-order valence-corrected chi connectivity index (χ4v) is 2.75. The standard InChI is InChI=1S/C21H27N3O2/c1-22-15-9-14-20(25)23-19(16-17-10-5-3-6-11-17)21(26)24(2)18-12-7-4-8-13-18/h3-8,10-13,19,22H,9,14-16H2,1-2H3,(H,23,25)/t19-/m0/s1. The molecule has 0 saturated heterocycles. The minimum absolute atomic E-state index is 0.101. The number of nitrogens with zero attached hydrogens (tertiary/aromatic N) is 1. The predicted octanol–water partition coefficient (Wildman–Crippen LogP) is 2.38. The first-order valence-corrected chi connectivity index (χ1v) is 8.92. The van der Waals surface area contributed by atoms with Crippen LogP contribution in [-0.2, 0) is 16.0 Å². The van der Waals surface area contributed by atoms with Crippen LogP contribution in [0.3, 0.4) is 0 Å². The quantitative estimate of drug-likeness (QED) is 0.681. The number of benzene rings is 2. The van der Waals surface area contributed by atoms with E-state index in [1.807, 2.05) is 67.7 Å². The summed E-state index contributed by atoms with van der Waals surface area (Å²) in [4.78, 5) is 26.9. The van der Waals surface area contributed by atoms with Crippen molar-refractivity contribution in [2.45, 2.75) is 25.3 Å². The van der Waals surface area contributed by atoms with Crippen LogP contribution in [0.5, 0.6) is 0 Å². The molecule has 0 unspecified atom stereocenters. The molecule has 0 aromatic heterocycles. The molecule has 0 saturated carbocycles. The van der Waals surface area contributed by atoms with E-state index in [2.05, 4.69) is 10.6 Å². The van der Waals surface area contributed by atoms with Crippen LogP contribution in [-0.4, -0.2) is 38.5 Å². The van der Waals surface area contributed by atoms with Crippen molar-refractivity contribution in [3.8, 4) is 0 Å². The highest BCUT2D eigenvalue weighted by Crippen LogP contribution is 2.14. The summed E-state index contributed by atoms with van der Waals surface area (Å²) in [7, 11) is 3.59. The lowest BCUT2D eigenvalue weighted by atomic mass is 10.0. The van der Waals surface area contributed by atoms with Gasteiger partial charge in [-0.05, 0) is 37.7 Å². The molecule has 0 bridgehead atoms. The fourth-order valence-electron chi connectivity index (χ4n) is 2.75. The van der Waals surface area contributed by atoms with Gasteiger partial charge >= 0.3 is 0 Å². The Morgan fingerprint density at radius 3 is 2.23 bits per heavy atom. The molecule has 2 aromatic carbocycles. The van der Waals surface area contributed by atoms with Crippen molar-refractivity contribution in [2.24, 2.45) is 0 Å². The highest BCUT2D eigenvalue weighted by atomic mass is 16.2. The first-order valence-electron chi connectivity index (χ1n) is 8.92. The van der Waals surface area contributed by atoms with Gasteiger partial charge in [-0.1, -0.05) is 48.5 Å². The van der Waals surface area contributed by atoms with Crippen molar-refractivity contribution in [3.63, 3.8) is 0 Å². The summed E-state index contributed by atoms with van der Waals surface area (Å²) in [6.45, 7) is 0.772. The van der Waals surface area contributed by atoms with Gasteiger partial charge in [0.1, 0.15) is 6.04 Å². The number of anilines is 1. The van der Waals surface area contributed by atoms with Crippen LogP contribution in [0.15, 0.2) is 60.7 Å². The van der Waals surface area contributed by atoms with E-state index < -0.39 is 6.04 Å². The molecule has 0 spiro atoms. The van der Waals surface area contributed by atoms with Crippen LogP contribution in [0.4, 0.5) is 5.69 Å². The highest BCUT2D eigenvalue weighted by Gasteiger charge is 2.25. The molecule has 1 atom stereocenters. The van der Waals surface area contributed by atoms with Crippen molar-refractivity contribution in [2.75, 3.05) is 25.5 Å². The molecule has 0 radical (unpaired) electrons. The van der Waals surface area contributed by atoms with E-state index in [0.29, 0.717) is 12.8 Å². The van der Waals surface area contributed by atoms with Gasteiger partial charge in [0.25, 0.3) is 0 Å². The Bertz CT molecular complexity index is 689. The Morgan fingerprint density at radius 1 is 1.00 bits per heavy atom. The van der Waals surface area contributed by atoms with Gasteiger partial charge in [-0.3, -0.25) is 9.59 Å². The normalized spacial score (nSPS) is 11.6. The Kier molecular flexibility index (Phi) is 7.83. The Hall–Kier alpha value is -2.66. The number of para-hydroxylation sites is 1. The van der Waals surface area contributed by atoms with Gasteiger partial charge in [-0.15, -0.1) is 0 Å².